The molecule has 1 heterocycles. The van der Waals surface area contributed by atoms with Gasteiger partial charge in [0.05, 0.1) is 13.2 Å². The molecule has 1 aliphatic rings. The van der Waals surface area contributed by atoms with Gasteiger partial charge in [0, 0.05) is 36.4 Å². The second kappa shape index (κ2) is 8.71. The van der Waals surface area contributed by atoms with Crippen molar-refractivity contribution < 1.29 is 19.1 Å². The molecule has 0 aliphatic carbocycles. The van der Waals surface area contributed by atoms with E-state index in [4.69, 9.17) is 9.47 Å². The second-order valence-electron chi connectivity index (χ2n) is 8.30. The predicted octanol–water partition coefficient (Wildman–Crippen LogP) is 2.87. The maximum Gasteiger partial charge on any atom is 0.412 e. The monoisotopic (exact) mass is 377 g/mol. The van der Waals surface area contributed by atoms with Crippen molar-refractivity contribution in [1.29, 1.82) is 0 Å². The largest absolute Gasteiger partial charge is 0.444 e. The molecule has 7 nitrogen and oxygen atoms in total. The summed E-state index contributed by atoms with van der Waals surface area (Å²) in [6, 6.07) is 6.81. The van der Waals surface area contributed by atoms with E-state index >= 15 is 0 Å². The van der Waals surface area contributed by atoms with E-state index in [1.165, 1.54) is 0 Å². The number of ether oxygens (including phenoxy) is 2. The zero-order valence-electron chi connectivity index (χ0n) is 16.9. The molecule has 0 saturated carbocycles. The number of hydrogen-bond acceptors (Lipinski definition) is 5. The minimum absolute atomic E-state index is 0.161. The summed E-state index contributed by atoms with van der Waals surface area (Å²) >= 11 is 0. The topological polar surface area (TPSA) is 79.9 Å². The number of amides is 2. The smallest absolute Gasteiger partial charge is 0.412 e. The fraction of sp³-hybridized carbons (Fsp3) is 0.600. The third-order valence-corrected chi connectivity index (χ3v) is 4.32. The summed E-state index contributed by atoms with van der Waals surface area (Å²) < 4.78 is 10.6. The van der Waals surface area contributed by atoms with Crippen LogP contribution in [0.15, 0.2) is 24.3 Å². The first-order valence-corrected chi connectivity index (χ1v) is 9.28. The van der Waals surface area contributed by atoms with Gasteiger partial charge in [-0.3, -0.25) is 15.0 Å². The molecule has 0 aromatic heterocycles. The number of rotatable bonds is 5. The van der Waals surface area contributed by atoms with Crippen LogP contribution in [0.2, 0.25) is 0 Å². The maximum atomic E-state index is 12.5. The van der Waals surface area contributed by atoms with Crippen molar-refractivity contribution in [2.75, 3.05) is 38.2 Å². The van der Waals surface area contributed by atoms with Gasteiger partial charge >= 0.3 is 6.09 Å². The number of morpholine rings is 1. The number of hydrogen-bond donors (Lipinski definition) is 2. The highest BCUT2D eigenvalue weighted by Gasteiger charge is 2.28. The van der Waals surface area contributed by atoms with Gasteiger partial charge in [0.2, 0.25) is 0 Å². The maximum absolute atomic E-state index is 12.5. The van der Waals surface area contributed by atoms with E-state index in [1.54, 1.807) is 45.0 Å². The number of anilines is 1. The molecule has 2 rings (SSSR count). The van der Waals surface area contributed by atoms with E-state index in [0.29, 0.717) is 17.8 Å². The Balaban J connectivity index is 1.93. The van der Waals surface area contributed by atoms with Crippen molar-refractivity contribution >= 4 is 17.7 Å². The lowest BCUT2D eigenvalue weighted by Crippen LogP contribution is -2.55. The number of carbonyl (C=O) groups excluding carboxylic acids is 2. The third-order valence-electron chi connectivity index (χ3n) is 4.32. The van der Waals surface area contributed by atoms with Crippen molar-refractivity contribution in [2.24, 2.45) is 0 Å². The quantitative estimate of drug-likeness (QED) is 0.825. The van der Waals surface area contributed by atoms with Gasteiger partial charge in [0.15, 0.2) is 0 Å². The molecule has 150 valence electrons. The van der Waals surface area contributed by atoms with Crippen molar-refractivity contribution in [2.45, 2.75) is 45.8 Å². The lowest BCUT2D eigenvalue weighted by atomic mass is 10.0. The first-order chi connectivity index (χ1) is 12.6. The molecule has 0 bridgehead atoms. The van der Waals surface area contributed by atoms with Crippen LogP contribution in [0.3, 0.4) is 0 Å². The van der Waals surface area contributed by atoms with E-state index in [-0.39, 0.29) is 11.4 Å². The molecule has 7 heteroatoms. The summed E-state index contributed by atoms with van der Waals surface area (Å²) in [4.78, 5) is 26.8. The number of nitrogens with one attached hydrogen (secondary N) is 2. The van der Waals surface area contributed by atoms with Crippen LogP contribution < -0.4 is 10.6 Å². The van der Waals surface area contributed by atoms with Gasteiger partial charge in [-0.2, -0.15) is 0 Å². The molecule has 1 aromatic rings. The molecule has 0 spiro atoms. The summed E-state index contributed by atoms with van der Waals surface area (Å²) in [5.74, 6) is -0.177. The molecular weight excluding hydrogens is 346 g/mol. The van der Waals surface area contributed by atoms with Gasteiger partial charge in [-0.05, 0) is 52.8 Å². The van der Waals surface area contributed by atoms with Crippen molar-refractivity contribution in [3.63, 3.8) is 0 Å². The Kier molecular flexibility index (Phi) is 6.84. The average Bonchev–Trinajstić information content (AvgIpc) is 2.59. The first-order valence-electron chi connectivity index (χ1n) is 9.28. The molecule has 2 amide bonds. The minimum Gasteiger partial charge on any atom is -0.444 e. The van der Waals surface area contributed by atoms with Crippen LogP contribution in [-0.4, -0.2) is 60.9 Å². The molecule has 1 fully saturated rings. The highest BCUT2D eigenvalue weighted by atomic mass is 16.6. The Hall–Kier alpha value is -2.12. The molecule has 0 unspecified atom stereocenters. The predicted molar refractivity (Wildman–Crippen MR) is 105 cm³/mol. The lowest BCUT2D eigenvalue weighted by Gasteiger charge is -2.40. The number of nitrogens with zero attached hydrogens (tertiary/aromatic N) is 1. The van der Waals surface area contributed by atoms with Crippen LogP contribution in [0.4, 0.5) is 10.5 Å². The Labute approximate surface area is 161 Å². The van der Waals surface area contributed by atoms with Crippen molar-refractivity contribution in [1.82, 2.24) is 10.2 Å². The lowest BCUT2D eigenvalue weighted by molar-refractivity contribution is -0.00923. The van der Waals surface area contributed by atoms with Crippen LogP contribution in [0, 0.1) is 0 Å². The molecule has 1 saturated heterocycles. The molecular formula is C20H31N3O4. The van der Waals surface area contributed by atoms with E-state index in [2.05, 4.69) is 29.4 Å². The average molecular weight is 377 g/mol. The number of benzene rings is 1. The van der Waals surface area contributed by atoms with Gasteiger partial charge in [-0.1, -0.05) is 6.07 Å². The standard InChI is InChI=1S/C20H31N3O4/c1-19(2,3)27-18(25)22-16-8-6-7-15(13-16)17(24)21-14-20(4,5)23-9-11-26-12-10-23/h6-8,13H,9-12,14H2,1-5H3,(H,21,24)(H,22,25). The molecule has 27 heavy (non-hydrogen) atoms. The van der Waals surface area contributed by atoms with Gasteiger partial charge in [0.25, 0.3) is 5.91 Å². The fourth-order valence-corrected chi connectivity index (χ4v) is 2.84. The molecule has 1 aliphatic heterocycles. The van der Waals surface area contributed by atoms with Crippen LogP contribution in [0.25, 0.3) is 0 Å². The zero-order valence-corrected chi connectivity index (χ0v) is 16.9. The minimum atomic E-state index is -0.579. The van der Waals surface area contributed by atoms with Crippen LogP contribution in [0.5, 0.6) is 0 Å². The molecule has 1 aromatic carbocycles. The van der Waals surface area contributed by atoms with Gasteiger partial charge < -0.3 is 14.8 Å². The Morgan fingerprint density at radius 1 is 1.15 bits per heavy atom. The van der Waals surface area contributed by atoms with Gasteiger partial charge in [-0.15, -0.1) is 0 Å². The first kappa shape index (κ1) is 21.2. The van der Waals surface area contributed by atoms with Crippen LogP contribution >= 0.6 is 0 Å². The van der Waals surface area contributed by atoms with E-state index < -0.39 is 11.7 Å². The number of carbonyl (C=O) groups is 2. The molecule has 0 atom stereocenters. The highest BCUT2D eigenvalue weighted by Crippen LogP contribution is 2.17. The van der Waals surface area contributed by atoms with Crippen LogP contribution in [0.1, 0.15) is 45.0 Å². The summed E-state index contributed by atoms with van der Waals surface area (Å²) in [7, 11) is 0. The van der Waals surface area contributed by atoms with Crippen LogP contribution in [-0.2, 0) is 9.47 Å². The SMILES string of the molecule is CC(C)(C)OC(=O)Nc1cccc(C(=O)NCC(C)(C)N2CCOCC2)c1. The van der Waals surface area contributed by atoms with Crippen molar-refractivity contribution in [3.05, 3.63) is 29.8 Å². The van der Waals surface area contributed by atoms with E-state index in [0.717, 1.165) is 26.3 Å². The fourth-order valence-electron chi connectivity index (χ4n) is 2.84. The Morgan fingerprint density at radius 3 is 2.44 bits per heavy atom. The summed E-state index contributed by atoms with van der Waals surface area (Å²) in [6.45, 7) is 13.3. The van der Waals surface area contributed by atoms with Crippen molar-refractivity contribution in [3.8, 4) is 0 Å². The summed E-state index contributed by atoms with van der Waals surface area (Å²) in [6.07, 6.45) is -0.548. The normalized spacial score (nSPS) is 15.9. The Morgan fingerprint density at radius 2 is 1.81 bits per heavy atom. The van der Waals surface area contributed by atoms with Gasteiger partial charge in [0.1, 0.15) is 5.60 Å². The Bertz CT molecular complexity index is 661. The zero-order chi connectivity index (χ0) is 20.1. The third kappa shape index (κ3) is 6.84. The second-order valence-corrected chi connectivity index (χ2v) is 8.30. The van der Waals surface area contributed by atoms with E-state index in [9.17, 15) is 9.59 Å². The van der Waals surface area contributed by atoms with E-state index in [1.807, 2.05) is 0 Å². The summed E-state index contributed by atoms with van der Waals surface area (Å²) in [5, 5.41) is 5.64. The van der Waals surface area contributed by atoms with Gasteiger partial charge in [-0.25, -0.2) is 4.79 Å². The molecule has 2 N–H and O–H groups in total. The summed E-state index contributed by atoms with van der Waals surface area (Å²) in [5.41, 5.74) is 0.265. The highest BCUT2D eigenvalue weighted by molar-refractivity contribution is 5.96. The molecule has 0 radical (unpaired) electrons.